The van der Waals surface area contributed by atoms with Crippen molar-refractivity contribution in [2.24, 2.45) is 0 Å². The number of amides is 1. The monoisotopic (exact) mass is 398 g/mol. The highest BCUT2D eigenvalue weighted by molar-refractivity contribution is 6.30. The maximum atomic E-state index is 13.0. The molecule has 2 saturated heterocycles. The molecule has 0 N–H and O–H groups in total. The van der Waals surface area contributed by atoms with Crippen LogP contribution in [-0.2, 0) is 6.61 Å². The second kappa shape index (κ2) is 8.97. The lowest BCUT2D eigenvalue weighted by Gasteiger charge is -2.28. The molecule has 2 aliphatic rings. The Morgan fingerprint density at radius 3 is 2.39 bits per heavy atom. The summed E-state index contributed by atoms with van der Waals surface area (Å²) in [6.07, 6.45) is 4.80. The first-order chi connectivity index (χ1) is 13.7. The van der Waals surface area contributed by atoms with Crippen molar-refractivity contribution in [2.75, 3.05) is 26.2 Å². The lowest BCUT2D eigenvalue weighted by Crippen LogP contribution is -2.42. The van der Waals surface area contributed by atoms with Crippen LogP contribution in [0.1, 0.15) is 41.6 Å². The third-order valence-corrected chi connectivity index (χ3v) is 5.98. The van der Waals surface area contributed by atoms with E-state index >= 15 is 0 Å². The molecule has 28 heavy (non-hydrogen) atoms. The summed E-state index contributed by atoms with van der Waals surface area (Å²) in [5.74, 6) is 0.910. The SMILES string of the molecule is O=C(c1ccc(OCc2ccc(Cl)cc2)cc1)N1CCCC1CN1CCCC1. The minimum Gasteiger partial charge on any atom is -0.489 e. The van der Waals surface area contributed by atoms with Crippen LogP contribution in [0.2, 0.25) is 5.02 Å². The van der Waals surface area contributed by atoms with Crippen LogP contribution in [-0.4, -0.2) is 47.9 Å². The molecule has 0 saturated carbocycles. The second-order valence-electron chi connectivity index (χ2n) is 7.74. The number of rotatable bonds is 6. The van der Waals surface area contributed by atoms with Crippen LogP contribution in [0.3, 0.4) is 0 Å². The summed E-state index contributed by atoms with van der Waals surface area (Å²) in [6, 6.07) is 15.5. The normalized spacial score (nSPS) is 19.9. The minimum absolute atomic E-state index is 0.144. The summed E-state index contributed by atoms with van der Waals surface area (Å²) < 4.78 is 5.83. The van der Waals surface area contributed by atoms with Crippen LogP contribution in [0.15, 0.2) is 48.5 Å². The summed E-state index contributed by atoms with van der Waals surface area (Å²) in [5.41, 5.74) is 1.80. The molecule has 4 rings (SSSR count). The van der Waals surface area contributed by atoms with Crippen molar-refractivity contribution in [3.63, 3.8) is 0 Å². The van der Waals surface area contributed by atoms with Gasteiger partial charge in [0.15, 0.2) is 0 Å². The molecular weight excluding hydrogens is 372 g/mol. The van der Waals surface area contributed by atoms with E-state index < -0.39 is 0 Å². The maximum absolute atomic E-state index is 13.0. The predicted molar refractivity (Wildman–Crippen MR) is 112 cm³/mol. The van der Waals surface area contributed by atoms with E-state index in [0.717, 1.165) is 47.8 Å². The van der Waals surface area contributed by atoms with Crippen molar-refractivity contribution in [2.45, 2.75) is 38.3 Å². The molecular formula is C23H27ClN2O2. The summed E-state index contributed by atoms with van der Waals surface area (Å²) in [7, 11) is 0. The molecule has 0 aromatic heterocycles. The number of hydrogen-bond acceptors (Lipinski definition) is 3. The highest BCUT2D eigenvalue weighted by Crippen LogP contribution is 2.24. The molecule has 2 aromatic rings. The fourth-order valence-electron chi connectivity index (χ4n) is 4.16. The van der Waals surface area contributed by atoms with E-state index in [1.165, 1.54) is 25.9 Å². The molecule has 2 aliphatic heterocycles. The molecule has 148 valence electrons. The number of nitrogens with zero attached hydrogens (tertiary/aromatic N) is 2. The van der Waals surface area contributed by atoms with E-state index in [1.807, 2.05) is 48.5 Å². The van der Waals surface area contributed by atoms with Gasteiger partial charge in [0.1, 0.15) is 12.4 Å². The molecule has 1 amide bonds. The quantitative estimate of drug-likeness (QED) is 0.711. The van der Waals surface area contributed by atoms with Gasteiger partial charge in [-0.1, -0.05) is 23.7 Å². The Kier molecular flexibility index (Phi) is 6.18. The van der Waals surface area contributed by atoms with Gasteiger partial charge in [0.05, 0.1) is 0 Å². The lowest BCUT2D eigenvalue weighted by atomic mass is 10.1. The molecule has 0 radical (unpaired) electrons. The van der Waals surface area contributed by atoms with Crippen LogP contribution >= 0.6 is 11.6 Å². The maximum Gasteiger partial charge on any atom is 0.254 e. The number of likely N-dealkylation sites (tertiary alicyclic amines) is 2. The van der Waals surface area contributed by atoms with Gasteiger partial charge in [-0.15, -0.1) is 0 Å². The zero-order valence-electron chi connectivity index (χ0n) is 16.1. The van der Waals surface area contributed by atoms with E-state index in [0.29, 0.717) is 12.6 Å². The average Bonchev–Trinajstić information content (AvgIpc) is 3.40. The van der Waals surface area contributed by atoms with Gasteiger partial charge in [-0.2, -0.15) is 0 Å². The topological polar surface area (TPSA) is 32.8 Å². The van der Waals surface area contributed by atoms with Gasteiger partial charge in [-0.05, 0) is 80.7 Å². The lowest BCUT2D eigenvalue weighted by molar-refractivity contribution is 0.0708. The molecule has 2 fully saturated rings. The largest absolute Gasteiger partial charge is 0.489 e. The third-order valence-electron chi connectivity index (χ3n) is 5.73. The summed E-state index contributed by atoms with van der Waals surface area (Å²) in [6.45, 7) is 4.73. The smallest absolute Gasteiger partial charge is 0.254 e. The Morgan fingerprint density at radius 2 is 1.68 bits per heavy atom. The number of carbonyl (C=O) groups is 1. The molecule has 2 aromatic carbocycles. The van der Waals surface area contributed by atoms with Gasteiger partial charge in [-0.25, -0.2) is 0 Å². The van der Waals surface area contributed by atoms with E-state index in [-0.39, 0.29) is 5.91 Å². The zero-order chi connectivity index (χ0) is 19.3. The first-order valence-electron chi connectivity index (χ1n) is 10.2. The molecule has 2 heterocycles. The Labute approximate surface area is 172 Å². The molecule has 5 heteroatoms. The Hall–Kier alpha value is -2.04. The standard InChI is InChI=1S/C23H27ClN2O2/c24-20-9-5-18(6-10-20)17-28-22-11-7-19(8-12-22)23(27)26-15-3-4-21(26)16-25-13-1-2-14-25/h5-12,21H,1-4,13-17H2. The van der Waals surface area contributed by atoms with Crippen LogP contribution in [0.25, 0.3) is 0 Å². The van der Waals surface area contributed by atoms with Crippen molar-refractivity contribution in [1.82, 2.24) is 9.80 Å². The third kappa shape index (κ3) is 4.68. The van der Waals surface area contributed by atoms with E-state index in [1.54, 1.807) is 0 Å². The van der Waals surface area contributed by atoms with Gasteiger partial charge in [-0.3, -0.25) is 4.79 Å². The van der Waals surface area contributed by atoms with Gasteiger partial charge in [0.25, 0.3) is 5.91 Å². The number of halogens is 1. The van der Waals surface area contributed by atoms with Crippen molar-refractivity contribution in [3.05, 3.63) is 64.7 Å². The molecule has 1 atom stereocenters. The first kappa shape index (κ1) is 19.3. The average molecular weight is 399 g/mol. The molecule has 0 aliphatic carbocycles. The fourth-order valence-corrected chi connectivity index (χ4v) is 4.29. The fraction of sp³-hybridized carbons (Fsp3) is 0.435. The van der Waals surface area contributed by atoms with Gasteiger partial charge >= 0.3 is 0 Å². The van der Waals surface area contributed by atoms with Crippen molar-refractivity contribution >= 4 is 17.5 Å². The number of ether oxygens (including phenoxy) is 1. The summed E-state index contributed by atoms with van der Waals surface area (Å²) >= 11 is 5.91. The second-order valence-corrected chi connectivity index (χ2v) is 8.18. The van der Waals surface area contributed by atoms with Crippen LogP contribution in [0.5, 0.6) is 5.75 Å². The van der Waals surface area contributed by atoms with Gasteiger partial charge < -0.3 is 14.5 Å². The predicted octanol–water partition coefficient (Wildman–Crippen LogP) is 4.62. The number of carbonyl (C=O) groups excluding carboxylic acids is 1. The highest BCUT2D eigenvalue weighted by Gasteiger charge is 2.31. The molecule has 0 bridgehead atoms. The van der Waals surface area contributed by atoms with E-state index in [2.05, 4.69) is 9.80 Å². The van der Waals surface area contributed by atoms with E-state index in [4.69, 9.17) is 16.3 Å². The van der Waals surface area contributed by atoms with Crippen LogP contribution in [0.4, 0.5) is 0 Å². The Morgan fingerprint density at radius 1 is 0.964 bits per heavy atom. The zero-order valence-corrected chi connectivity index (χ0v) is 16.9. The van der Waals surface area contributed by atoms with Crippen molar-refractivity contribution in [3.8, 4) is 5.75 Å². The summed E-state index contributed by atoms with van der Waals surface area (Å²) in [4.78, 5) is 17.6. The Balaban J connectivity index is 1.34. The molecule has 1 unspecified atom stereocenters. The number of hydrogen-bond donors (Lipinski definition) is 0. The van der Waals surface area contributed by atoms with Crippen molar-refractivity contribution < 1.29 is 9.53 Å². The Bertz CT molecular complexity index is 785. The number of benzene rings is 2. The highest BCUT2D eigenvalue weighted by atomic mass is 35.5. The molecule has 0 spiro atoms. The van der Waals surface area contributed by atoms with Crippen LogP contribution < -0.4 is 4.74 Å². The van der Waals surface area contributed by atoms with Gasteiger partial charge in [0.2, 0.25) is 0 Å². The summed E-state index contributed by atoms with van der Waals surface area (Å²) in [5, 5.41) is 0.719. The van der Waals surface area contributed by atoms with Crippen molar-refractivity contribution in [1.29, 1.82) is 0 Å². The minimum atomic E-state index is 0.144. The van der Waals surface area contributed by atoms with E-state index in [9.17, 15) is 4.79 Å². The first-order valence-corrected chi connectivity index (χ1v) is 10.6. The van der Waals surface area contributed by atoms with Gasteiger partial charge in [0, 0.05) is 29.7 Å². The van der Waals surface area contributed by atoms with Crippen LogP contribution in [0, 0.1) is 0 Å². The molecule has 4 nitrogen and oxygen atoms in total.